The summed E-state index contributed by atoms with van der Waals surface area (Å²) in [6.45, 7) is 3.69. The Balaban J connectivity index is 1.53. The van der Waals surface area contributed by atoms with Gasteiger partial charge in [-0.3, -0.25) is 4.90 Å². The van der Waals surface area contributed by atoms with Gasteiger partial charge in [-0.2, -0.15) is 4.98 Å². The highest BCUT2D eigenvalue weighted by atomic mass is 16.5. The molecule has 2 aromatic rings. The van der Waals surface area contributed by atoms with Gasteiger partial charge in [-0.1, -0.05) is 35.5 Å². The molecule has 0 aliphatic carbocycles. The topological polar surface area (TPSA) is 68.2 Å². The molecule has 1 aliphatic heterocycles. The van der Waals surface area contributed by atoms with Gasteiger partial charge in [0.2, 0.25) is 5.89 Å². The molecule has 0 bridgehead atoms. The van der Waals surface area contributed by atoms with E-state index in [9.17, 15) is 0 Å². The van der Waals surface area contributed by atoms with Crippen LogP contribution in [-0.2, 0) is 13.0 Å². The Hall–Kier alpha value is -1.72. The molecule has 3 rings (SSSR count). The molecule has 0 radical (unpaired) electrons. The highest BCUT2D eigenvalue weighted by Crippen LogP contribution is 2.17. The van der Waals surface area contributed by atoms with Gasteiger partial charge in [-0.25, -0.2) is 0 Å². The van der Waals surface area contributed by atoms with E-state index in [1.54, 1.807) is 0 Å². The third-order valence-corrected chi connectivity index (χ3v) is 4.11. The lowest BCUT2D eigenvalue weighted by atomic mass is 9.97. The summed E-state index contributed by atoms with van der Waals surface area (Å²) in [6.07, 6.45) is 3.06. The van der Waals surface area contributed by atoms with Crippen molar-refractivity contribution in [3.8, 4) is 0 Å². The van der Waals surface area contributed by atoms with Gasteiger partial charge in [-0.15, -0.1) is 0 Å². The minimum atomic E-state index is 0.678. The van der Waals surface area contributed by atoms with Crippen LogP contribution in [0.3, 0.4) is 0 Å². The van der Waals surface area contributed by atoms with Gasteiger partial charge in [0.1, 0.15) is 0 Å². The molecule has 5 heteroatoms. The van der Waals surface area contributed by atoms with Crippen LogP contribution in [0.15, 0.2) is 34.9 Å². The zero-order valence-corrected chi connectivity index (χ0v) is 12.2. The van der Waals surface area contributed by atoms with E-state index in [1.807, 2.05) is 18.2 Å². The first-order chi connectivity index (χ1) is 10.3. The fourth-order valence-electron chi connectivity index (χ4n) is 2.78. The van der Waals surface area contributed by atoms with Gasteiger partial charge < -0.3 is 10.3 Å². The molecule has 1 saturated heterocycles. The quantitative estimate of drug-likeness (QED) is 0.908. The van der Waals surface area contributed by atoms with Crippen LogP contribution in [-0.4, -0.2) is 34.7 Å². The SMILES string of the molecule is NCC1CCN(Cc2nc(Cc3ccccc3)no2)CC1. The van der Waals surface area contributed by atoms with Gasteiger partial charge in [0.05, 0.1) is 6.54 Å². The van der Waals surface area contributed by atoms with Crippen LogP contribution in [0.25, 0.3) is 0 Å². The van der Waals surface area contributed by atoms with E-state index in [0.29, 0.717) is 11.8 Å². The Morgan fingerprint density at radius 1 is 1.19 bits per heavy atom. The third kappa shape index (κ3) is 3.89. The van der Waals surface area contributed by atoms with Crippen molar-refractivity contribution in [2.45, 2.75) is 25.8 Å². The number of nitrogens with two attached hydrogens (primary N) is 1. The first-order valence-corrected chi connectivity index (χ1v) is 7.61. The summed E-state index contributed by atoms with van der Waals surface area (Å²) in [5.41, 5.74) is 6.92. The normalized spacial score (nSPS) is 17.2. The van der Waals surface area contributed by atoms with Crippen molar-refractivity contribution in [3.63, 3.8) is 0 Å². The van der Waals surface area contributed by atoms with Crippen LogP contribution in [0.1, 0.15) is 30.1 Å². The number of benzene rings is 1. The van der Waals surface area contributed by atoms with Crippen molar-refractivity contribution in [1.82, 2.24) is 15.0 Å². The first kappa shape index (κ1) is 14.2. The number of likely N-dealkylation sites (tertiary alicyclic amines) is 1. The van der Waals surface area contributed by atoms with Crippen LogP contribution in [0, 0.1) is 5.92 Å². The highest BCUT2D eigenvalue weighted by Gasteiger charge is 2.20. The van der Waals surface area contributed by atoms with Crippen molar-refractivity contribution in [3.05, 3.63) is 47.6 Å². The number of rotatable bonds is 5. The van der Waals surface area contributed by atoms with E-state index in [1.165, 1.54) is 18.4 Å². The maximum absolute atomic E-state index is 5.72. The maximum atomic E-state index is 5.72. The second-order valence-electron chi connectivity index (χ2n) is 5.72. The molecule has 0 amide bonds. The van der Waals surface area contributed by atoms with E-state index in [2.05, 4.69) is 27.2 Å². The summed E-state index contributed by atoms with van der Waals surface area (Å²) >= 11 is 0. The molecule has 112 valence electrons. The predicted molar refractivity (Wildman–Crippen MR) is 80.6 cm³/mol. The predicted octanol–water partition coefficient (Wildman–Crippen LogP) is 1.83. The first-order valence-electron chi connectivity index (χ1n) is 7.61. The summed E-state index contributed by atoms with van der Waals surface area (Å²) in [5.74, 6) is 2.15. The van der Waals surface area contributed by atoms with E-state index < -0.39 is 0 Å². The Bertz CT molecular complexity index is 546. The summed E-state index contributed by atoms with van der Waals surface area (Å²) in [4.78, 5) is 6.86. The van der Waals surface area contributed by atoms with Crippen molar-refractivity contribution in [2.24, 2.45) is 11.7 Å². The van der Waals surface area contributed by atoms with Crippen molar-refractivity contribution >= 4 is 0 Å². The van der Waals surface area contributed by atoms with Crippen molar-refractivity contribution in [2.75, 3.05) is 19.6 Å². The molecular weight excluding hydrogens is 264 g/mol. The molecular formula is C16H22N4O. The van der Waals surface area contributed by atoms with E-state index in [-0.39, 0.29) is 0 Å². The second kappa shape index (κ2) is 6.83. The lowest BCUT2D eigenvalue weighted by Crippen LogP contribution is -2.35. The summed E-state index contributed by atoms with van der Waals surface area (Å²) in [6, 6.07) is 10.2. The maximum Gasteiger partial charge on any atom is 0.240 e. The molecule has 5 nitrogen and oxygen atoms in total. The Kier molecular flexibility index (Phi) is 4.62. The highest BCUT2D eigenvalue weighted by molar-refractivity contribution is 5.18. The molecule has 1 aliphatic rings. The lowest BCUT2D eigenvalue weighted by Gasteiger charge is -2.30. The van der Waals surface area contributed by atoms with Crippen molar-refractivity contribution in [1.29, 1.82) is 0 Å². The van der Waals surface area contributed by atoms with Crippen LogP contribution < -0.4 is 5.73 Å². The van der Waals surface area contributed by atoms with Gasteiger partial charge in [-0.05, 0) is 44.0 Å². The zero-order valence-electron chi connectivity index (χ0n) is 12.2. The largest absolute Gasteiger partial charge is 0.338 e. The Labute approximate surface area is 125 Å². The van der Waals surface area contributed by atoms with E-state index in [0.717, 1.165) is 38.4 Å². The third-order valence-electron chi connectivity index (χ3n) is 4.11. The van der Waals surface area contributed by atoms with E-state index in [4.69, 9.17) is 10.3 Å². The molecule has 2 N–H and O–H groups in total. The van der Waals surface area contributed by atoms with Crippen LogP contribution >= 0.6 is 0 Å². The van der Waals surface area contributed by atoms with Crippen molar-refractivity contribution < 1.29 is 4.52 Å². The molecule has 21 heavy (non-hydrogen) atoms. The minimum absolute atomic E-state index is 0.678. The average molecular weight is 286 g/mol. The van der Waals surface area contributed by atoms with Gasteiger partial charge in [0.25, 0.3) is 0 Å². The summed E-state index contributed by atoms with van der Waals surface area (Å²) in [5, 5.41) is 4.08. The number of aromatic nitrogens is 2. The number of hydrogen-bond acceptors (Lipinski definition) is 5. The minimum Gasteiger partial charge on any atom is -0.338 e. The second-order valence-corrected chi connectivity index (χ2v) is 5.72. The van der Waals surface area contributed by atoms with Crippen LogP contribution in [0.4, 0.5) is 0 Å². The monoisotopic (exact) mass is 286 g/mol. The molecule has 0 atom stereocenters. The standard InChI is InChI=1S/C16H22N4O/c17-11-14-6-8-20(9-7-14)12-16-18-15(19-21-16)10-13-4-2-1-3-5-13/h1-5,14H,6-12,17H2. The number of nitrogens with zero attached hydrogens (tertiary/aromatic N) is 3. The number of piperidine rings is 1. The van der Waals surface area contributed by atoms with Gasteiger partial charge in [0.15, 0.2) is 5.82 Å². The van der Waals surface area contributed by atoms with Gasteiger partial charge in [0, 0.05) is 6.42 Å². The fourth-order valence-corrected chi connectivity index (χ4v) is 2.78. The molecule has 0 saturated carbocycles. The smallest absolute Gasteiger partial charge is 0.240 e. The van der Waals surface area contributed by atoms with Gasteiger partial charge >= 0.3 is 0 Å². The summed E-state index contributed by atoms with van der Waals surface area (Å²) < 4.78 is 5.37. The summed E-state index contributed by atoms with van der Waals surface area (Å²) in [7, 11) is 0. The zero-order chi connectivity index (χ0) is 14.5. The molecule has 1 aromatic carbocycles. The number of hydrogen-bond donors (Lipinski definition) is 1. The van der Waals surface area contributed by atoms with E-state index >= 15 is 0 Å². The average Bonchev–Trinajstić information content (AvgIpc) is 2.96. The molecule has 0 spiro atoms. The van der Waals surface area contributed by atoms with Crippen LogP contribution in [0.2, 0.25) is 0 Å². The molecule has 1 fully saturated rings. The molecule has 2 heterocycles. The Morgan fingerprint density at radius 2 is 1.95 bits per heavy atom. The molecule has 1 aromatic heterocycles. The fraction of sp³-hybridized carbons (Fsp3) is 0.500. The lowest BCUT2D eigenvalue weighted by molar-refractivity contribution is 0.161. The Morgan fingerprint density at radius 3 is 2.67 bits per heavy atom. The van der Waals surface area contributed by atoms with Crippen LogP contribution in [0.5, 0.6) is 0 Å². The molecule has 0 unspecified atom stereocenters.